The number of esters is 1. The van der Waals surface area contributed by atoms with Crippen molar-refractivity contribution < 1.29 is 9.53 Å². The zero-order chi connectivity index (χ0) is 18.3. The SMILES string of the molecule is COC(=O)c1cc(-c2nc3c([nH]2)CCN(Cl)CC3)c(C2CCC2)cc1C. The fourth-order valence-electron chi connectivity index (χ4n) is 3.88. The number of rotatable bonds is 3. The quantitative estimate of drug-likeness (QED) is 0.652. The molecule has 0 spiro atoms. The Morgan fingerprint density at radius 1 is 1.31 bits per heavy atom. The van der Waals surface area contributed by atoms with Crippen LogP contribution >= 0.6 is 11.8 Å². The standard InChI is InChI=1S/C20H24ClN3O2/c1-12-10-15(13-4-3-5-13)16(11-14(12)20(25)26-2)19-22-17-6-8-24(21)9-7-18(17)23-19/h10-11,13H,3-9H2,1-2H3,(H,22,23). The van der Waals surface area contributed by atoms with Crippen LogP contribution < -0.4 is 0 Å². The van der Waals surface area contributed by atoms with Gasteiger partial charge in [0.2, 0.25) is 0 Å². The zero-order valence-corrected chi connectivity index (χ0v) is 16.0. The van der Waals surface area contributed by atoms with Gasteiger partial charge in [-0.05, 0) is 54.7 Å². The van der Waals surface area contributed by atoms with Crippen LogP contribution in [0.1, 0.15) is 58.1 Å². The molecule has 4 rings (SSSR count). The smallest absolute Gasteiger partial charge is 0.338 e. The van der Waals surface area contributed by atoms with Crippen molar-refractivity contribution >= 4 is 17.7 Å². The van der Waals surface area contributed by atoms with Crippen LogP contribution in [-0.2, 0) is 17.6 Å². The molecule has 1 fully saturated rings. The first kappa shape index (κ1) is 17.6. The highest BCUT2D eigenvalue weighted by Gasteiger charge is 2.27. The number of carbonyl (C=O) groups is 1. The number of H-pyrrole nitrogens is 1. The van der Waals surface area contributed by atoms with Gasteiger partial charge in [-0.25, -0.2) is 14.2 Å². The molecule has 6 heteroatoms. The topological polar surface area (TPSA) is 58.2 Å². The van der Waals surface area contributed by atoms with Crippen LogP contribution in [-0.4, -0.2) is 40.6 Å². The summed E-state index contributed by atoms with van der Waals surface area (Å²) in [5.41, 5.74) is 6.16. The Bertz CT molecular complexity index is 816. The number of benzene rings is 1. The van der Waals surface area contributed by atoms with Crippen molar-refractivity contribution in [2.45, 2.75) is 44.9 Å². The van der Waals surface area contributed by atoms with Crippen molar-refractivity contribution in [1.82, 2.24) is 14.4 Å². The minimum atomic E-state index is -0.296. The van der Waals surface area contributed by atoms with Gasteiger partial charge in [-0.3, -0.25) is 0 Å². The van der Waals surface area contributed by atoms with Gasteiger partial charge in [0.05, 0.1) is 18.4 Å². The maximum atomic E-state index is 12.2. The van der Waals surface area contributed by atoms with E-state index in [-0.39, 0.29) is 5.97 Å². The molecule has 2 aliphatic rings. The Morgan fingerprint density at radius 3 is 2.77 bits per heavy atom. The number of ether oxygens (including phenoxy) is 1. The summed E-state index contributed by atoms with van der Waals surface area (Å²) in [6.07, 6.45) is 5.36. The first-order valence-corrected chi connectivity index (χ1v) is 9.62. The highest BCUT2D eigenvalue weighted by Crippen LogP contribution is 2.42. The van der Waals surface area contributed by atoms with Gasteiger partial charge in [0.25, 0.3) is 0 Å². The van der Waals surface area contributed by atoms with Crippen molar-refractivity contribution in [2.24, 2.45) is 0 Å². The summed E-state index contributed by atoms with van der Waals surface area (Å²) in [6, 6.07) is 4.11. The van der Waals surface area contributed by atoms with Gasteiger partial charge in [-0.2, -0.15) is 0 Å². The first-order valence-electron chi connectivity index (χ1n) is 9.28. The van der Waals surface area contributed by atoms with Gasteiger partial charge >= 0.3 is 5.97 Å². The van der Waals surface area contributed by atoms with Gasteiger partial charge in [-0.15, -0.1) is 0 Å². The van der Waals surface area contributed by atoms with E-state index in [0.29, 0.717) is 11.5 Å². The van der Waals surface area contributed by atoms with E-state index in [2.05, 4.69) is 11.1 Å². The maximum absolute atomic E-state index is 12.2. The second-order valence-electron chi connectivity index (χ2n) is 7.29. The summed E-state index contributed by atoms with van der Waals surface area (Å²) in [7, 11) is 1.42. The number of aromatic amines is 1. The van der Waals surface area contributed by atoms with Crippen molar-refractivity contribution in [1.29, 1.82) is 0 Å². The van der Waals surface area contributed by atoms with Crippen LogP contribution in [0.2, 0.25) is 0 Å². The summed E-state index contributed by atoms with van der Waals surface area (Å²) < 4.78 is 6.78. The number of imidazole rings is 1. The molecule has 1 aromatic heterocycles. The third-order valence-electron chi connectivity index (χ3n) is 5.66. The van der Waals surface area contributed by atoms with Crippen LogP contribution in [0, 0.1) is 6.92 Å². The van der Waals surface area contributed by atoms with Crippen molar-refractivity contribution in [2.75, 3.05) is 20.2 Å². The monoisotopic (exact) mass is 373 g/mol. The molecule has 5 nitrogen and oxygen atoms in total. The molecule has 1 aromatic carbocycles. The van der Waals surface area contributed by atoms with Crippen LogP contribution in [0.3, 0.4) is 0 Å². The molecule has 1 aliphatic heterocycles. The molecule has 0 saturated heterocycles. The van der Waals surface area contributed by atoms with Gasteiger partial charge in [0, 0.05) is 37.2 Å². The predicted molar refractivity (Wildman–Crippen MR) is 102 cm³/mol. The molecular formula is C20H24ClN3O2. The number of nitrogens with one attached hydrogen (secondary N) is 1. The molecule has 2 aromatic rings. The normalized spacial score (nSPS) is 18.1. The van der Waals surface area contributed by atoms with Crippen molar-refractivity contribution in [3.8, 4) is 11.4 Å². The lowest BCUT2D eigenvalue weighted by molar-refractivity contribution is 0.0600. The van der Waals surface area contributed by atoms with E-state index in [4.69, 9.17) is 21.5 Å². The van der Waals surface area contributed by atoms with E-state index in [1.54, 1.807) is 0 Å². The van der Waals surface area contributed by atoms with Gasteiger partial charge in [0.15, 0.2) is 0 Å². The van der Waals surface area contributed by atoms with E-state index >= 15 is 0 Å². The van der Waals surface area contributed by atoms with E-state index in [0.717, 1.165) is 54.3 Å². The zero-order valence-electron chi connectivity index (χ0n) is 15.3. The minimum absolute atomic E-state index is 0.296. The molecule has 26 heavy (non-hydrogen) atoms. The van der Waals surface area contributed by atoms with E-state index in [1.807, 2.05) is 17.4 Å². The highest BCUT2D eigenvalue weighted by atomic mass is 35.5. The van der Waals surface area contributed by atoms with Crippen LogP contribution in [0.4, 0.5) is 0 Å². The lowest BCUT2D eigenvalue weighted by atomic mass is 9.77. The summed E-state index contributed by atoms with van der Waals surface area (Å²) in [6.45, 7) is 3.59. The highest BCUT2D eigenvalue weighted by molar-refractivity contribution is 6.13. The lowest BCUT2D eigenvalue weighted by Crippen LogP contribution is -2.15. The summed E-state index contributed by atoms with van der Waals surface area (Å²) in [5, 5.41) is 0. The number of aromatic nitrogens is 2. The number of carbonyl (C=O) groups excluding carboxylic acids is 1. The Balaban J connectivity index is 1.79. The Morgan fingerprint density at radius 2 is 2.08 bits per heavy atom. The molecule has 1 N–H and O–H groups in total. The maximum Gasteiger partial charge on any atom is 0.338 e. The Hall–Kier alpha value is -1.85. The number of fused-ring (bicyclic) bond motifs is 1. The molecular weight excluding hydrogens is 350 g/mol. The third kappa shape index (κ3) is 3.14. The number of aryl methyl sites for hydroxylation is 1. The average Bonchev–Trinajstić information content (AvgIpc) is 2.91. The second-order valence-corrected chi connectivity index (χ2v) is 7.77. The fourth-order valence-corrected chi connectivity index (χ4v) is 4.05. The van der Waals surface area contributed by atoms with Crippen molar-refractivity contribution in [3.63, 3.8) is 0 Å². The van der Waals surface area contributed by atoms with E-state index in [9.17, 15) is 4.79 Å². The summed E-state index contributed by atoms with van der Waals surface area (Å²) >= 11 is 6.15. The van der Waals surface area contributed by atoms with E-state index in [1.165, 1.54) is 31.9 Å². The van der Waals surface area contributed by atoms with E-state index < -0.39 is 0 Å². The number of hydrogen-bond acceptors (Lipinski definition) is 4. The Labute approximate surface area is 158 Å². The van der Waals surface area contributed by atoms with Gasteiger partial charge in [0.1, 0.15) is 5.82 Å². The molecule has 0 radical (unpaired) electrons. The molecule has 2 heterocycles. The van der Waals surface area contributed by atoms with Crippen LogP contribution in [0.5, 0.6) is 0 Å². The van der Waals surface area contributed by atoms with Crippen LogP contribution in [0.25, 0.3) is 11.4 Å². The van der Waals surface area contributed by atoms with Crippen LogP contribution in [0.15, 0.2) is 12.1 Å². The number of methoxy groups -OCH3 is 1. The molecule has 1 saturated carbocycles. The molecule has 0 unspecified atom stereocenters. The fraction of sp³-hybridized carbons (Fsp3) is 0.500. The molecule has 138 valence electrons. The molecule has 0 bridgehead atoms. The largest absolute Gasteiger partial charge is 0.465 e. The third-order valence-corrected chi connectivity index (χ3v) is 6.00. The predicted octanol–water partition coefficient (Wildman–Crippen LogP) is 3.99. The Kier molecular flexibility index (Phi) is 4.76. The summed E-state index contributed by atoms with van der Waals surface area (Å²) in [5.74, 6) is 1.12. The molecule has 0 atom stereocenters. The molecule has 0 amide bonds. The van der Waals surface area contributed by atoms with Gasteiger partial charge in [-0.1, -0.05) is 12.5 Å². The lowest BCUT2D eigenvalue weighted by Gasteiger charge is -2.28. The average molecular weight is 374 g/mol. The number of halogens is 1. The number of nitrogens with zero attached hydrogens (tertiary/aromatic N) is 2. The minimum Gasteiger partial charge on any atom is -0.465 e. The van der Waals surface area contributed by atoms with Crippen molar-refractivity contribution in [3.05, 3.63) is 40.2 Å². The summed E-state index contributed by atoms with van der Waals surface area (Å²) in [4.78, 5) is 20.6. The first-order chi connectivity index (χ1) is 12.6. The second kappa shape index (κ2) is 7.05. The number of hydrogen-bond donors (Lipinski definition) is 1. The van der Waals surface area contributed by atoms with Gasteiger partial charge < -0.3 is 9.72 Å². The molecule has 1 aliphatic carbocycles.